The second kappa shape index (κ2) is 23.3. The molecular weight excluding hydrogens is 1090 g/mol. The van der Waals surface area contributed by atoms with Crippen LogP contribution in [-0.4, -0.2) is 83.1 Å². The van der Waals surface area contributed by atoms with Gasteiger partial charge < -0.3 is 35.0 Å². The number of nitrogens with zero attached hydrogens (tertiary/aromatic N) is 4. The fourth-order valence-electron chi connectivity index (χ4n) is 7.11. The van der Waals surface area contributed by atoms with Crippen molar-refractivity contribution in [2.45, 2.75) is 51.6 Å². The number of hydrogen-bond acceptors (Lipinski definition) is 11. The molecule has 0 aliphatic heterocycles. The average Bonchev–Trinajstić information content (AvgIpc) is 3.31. The molecule has 0 aromatic heterocycles. The molecule has 13 nitrogen and oxygen atoms in total. The van der Waals surface area contributed by atoms with E-state index in [-0.39, 0.29) is 43.8 Å². The van der Waals surface area contributed by atoms with Crippen molar-refractivity contribution >= 4 is 121 Å². The monoisotopic (exact) mass is 1140 g/mol. The van der Waals surface area contributed by atoms with E-state index in [4.69, 9.17) is 4.74 Å². The number of unbranched alkanes of at least 4 members (excludes halogenated alkanes) is 2. The van der Waals surface area contributed by atoms with E-state index in [0.717, 1.165) is 58.6 Å². The zero-order valence-corrected chi connectivity index (χ0v) is 41.9. The Morgan fingerprint density at radius 1 is 0.569 bits per heavy atom. The minimum atomic E-state index is -0.597. The van der Waals surface area contributed by atoms with Gasteiger partial charge in [-0.15, -0.1) is 0 Å². The number of phenolic OH excluding ortho intramolecular Hbond substituents is 4. The van der Waals surface area contributed by atoms with Gasteiger partial charge in [-0.2, -0.15) is 10.2 Å². The van der Waals surface area contributed by atoms with Crippen LogP contribution in [0.15, 0.2) is 125 Å². The molecule has 6 rings (SSSR count). The van der Waals surface area contributed by atoms with Crippen LogP contribution in [0.1, 0.15) is 50.7 Å². The summed E-state index contributed by atoms with van der Waals surface area (Å²) in [5, 5.41) is 53.5. The predicted molar refractivity (Wildman–Crippen MR) is 273 cm³/mol. The summed E-state index contributed by atoms with van der Waals surface area (Å²) in [4.78, 5) is 31.0. The topological polar surface area (TPSA) is 180 Å². The molecule has 0 spiro atoms. The summed E-state index contributed by atoms with van der Waals surface area (Å²) in [6.07, 6.45) is 5.66. The number of carbonyl (C=O) groups excluding carboxylic acids is 2. The summed E-state index contributed by atoms with van der Waals surface area (Å²) in [5.74, 6) is -1.40. The molecule has 17 heteroatoms. The molecular formula is C48H48Br4N6O7. The molecule has 0 saturated carbocycles. The van der Waals surface area contributed by atoms with Crippen LogP contribution in [0.4, 0.5) is 11.4 Å². The van der Waals surface area contributed by atoms with Crippen molar-refractivity contribution in [3.8, 4) is 23.0 Å². The zero-order chi connectivity index (χ0) is 46.6. The number of amides is 2. The van der Waals surface area contributed by atoms with Crippen LogP contribution in [0.2, 0.25) is 0 Å². The number of benzene rings is 6. The molecule has 0 bridgehead atoms. The van der Waals surface area contributed by atoms with Crippen molar-refractivity contribution in [3.63, 3.8) is 0 Å². The Bertz CT molecular complexity index is 2540. The Morgan fingerprint density at radius 3 is 1.35 bits per heavy atom. The zero-order valence-electron chi connectivity index (χ0n) is 35.5. The summed E-state index contributed by atoms with van der Waals surface area (Å²) < 4.78 is 7.00. The van der Waals surface area contributed by atoms with E-state index in [0.29, 0.717) is 46.4 Å². The third kappa shape index (κ3) is 12.6. The molecule has 2 atom stereocenters. The maximum absolute atomic E-state index is 13.5. The Balaban J connectivity index is 1.02. The molecule has 0 radical (unpaired) electrons. The molecule has 0 heterocycles. The van der Waals surface area contributed by atoms with Gasteiger partial charge in [-0.1, -0.05) is 60.7 Å². The van der Waals surface area contributed by atoms with Crippen LogP contribution in [0, 0.1) is 0 Å². The summed E-state index contributed by atoms with van der Waals surface area (Å²) in [6, 6.07) is 30.2. The average molecular weight is 1140 g/mol. The van der Waals surface area contributed by atoms with Crippen LogP contribution in [0.3, 0.4) is 0 Å². The minimum absolute atomic E-state index is 0.109. The van der Waals surface area contributed by atoms with Crippen molar-refractivity contribution in [2.75, 3.05) is 36.1 Å². The van der Waals surface area contributed by atoms with Crippen LogP contribution >= 0.6 is 63.7 Å². The predicted octanol–water partition coefficient (Wildman–Crippen LogP) is 10.8. The maximum atomic E-state index is 13.5. The van der Waals surface area contributed by atoms with Gasteiger partial charge in [-0.25, -0.2) is 10.9 Å². The van der Waals surface area contributed by atoms with Gasteiger partial charge in [-0.05, 0) is 161 Å². The standard InChI is InChI=1S/C48H48Br4N6O7/c1-29(47(63)55-53-27-35-25-39(49)45(61)41(51)43(35)59)57(37-17-15-31-11-3-5-13-33(31)23-37)19-7-9-21-65-22-10-8-20-58(38-18-16-32-12-4-6-14-34(32)24-38)30(2)48(64)56-54-28-36-26-40(50)46(62)42(52)44(36)60/h3-6,11-18,23-30,59-62H,7-10,19-22H2,1-2H3,(H,55,63)(H,56,64)/b53-27+,54-28+. The number of carbonyl (C=O) groups is 2. The summed E-state index contributed by atoms with van der Waals surface area (Å²) in [6.45, 7) is 5.87. The Kier molecular flexibility index (Phi) is 17.7. The second-order valence-corrected chi connectivity index (χ2v) is 18.5. The summed E-state index contributed by atoms with van der Waals surface area (Å²) in [7, 11) is 0. The van der Waals surface area contributed by atoms with Gasteiger partial charge in [0.15, 0.2) is 0 Å². The van der Waals surface area contributed by atoms with Gasteiger partial charge in [0.1, 0.15) is 44.0 Å². The number of anilines is 2. The number of nitrogens with one attached hydrogen (secondary N) is 2. The van der Waals surface area contributed by atoms with Crippen molar-refractivity contribution < 1.29 is 34.8 Å². The first kappa shape index (κ1) is 49.2. The van der Waals surface area contributed by atoms with Gasteiger partial charge in [0.25, 0.3) is 11.8 Å². The molecule has 0 fully saturated rings. The van der Waals surface area contributed by atoms with Crippen molar-refractivity contribution in [1.82, 2.24) is 10.9 Å². The highest BCUT2D eigenvalue weighted by molar-refractivity contribution is 9.11. The number of aromatic hydroxyl groups is 4. The maximum Gasteiger partial charge on any atom is 0.262 e. The smallest absolute Gasteiger partial charge is 0.262 e. The Hall–Kier alpha value is -5.20. The second-order valence-electron chi connectivity index (χ2n) is 15.2. The first-order valence-corrected chi connectivity index (χ1v) is 24.0. The normalized spacial score (nSPS) is 12.5. The van der Waals surface area contributed by atoms with Gasteiger partial charge in [0, 0.05) is 48.8 Å². The van der Waals surface area contributed by atoms with E-state index in [9.17, 15) is 30.0 Å². The highest BCUT2D eigenvalue weighted by Gasteiger charge is 2.24. The first-order valence-electron chi connectivity index (χ1n) is 20.8. The first-order chi connectivity index (χ1) is 31.2. The van der Waals surface area contributed by atoms with Gasteiger partial charge in [0.05, 0.1) is 21.4 Å². The largest absolute Gasteiger partial charge is 0.506 e. The van der Waals surface area contributed by atoms with Crippen molar-refractivity contribution in [1.29, 1.82) is 0 Å². The van der Waals surface area contributed by atoms with E-state index in [1.165, 1.54) is 24.6 Å². The quantitative estimate of drug-likeness (QED) is 0.0246. The van der Waals surface area contributed by atoms with Gasteiger partial charge in [-0.3, -0.25) is 9.59 Å². The lowest BCUT2D eigenvalue weighted by Gasteiger charge is -2.30. The lowest BCUT2D eigenvalue weighted by Crippen LogP contribution is -2.44. The number of ether oxygens (including phenoxy) is 1. The molecule has 6 N–H and O–H groups in total. The summed E-state index contributed by atoms with van der Waals surface area (Å²) in [5.41, 5.74) is 7.57. The van der Waals surface area contributed by atoms with Crippen LogP contribution in [-0.2, 0) is 14.3 Å². The molecule has 0 aliphatic carbocycles. The number of phenols is 4. The SMILES string of the molecule is CC(C(=O)N/N=C/c1cc(Br)c(O)c(Br)c1O)N(CCCCOCCCCN(c1ccc2ccccc2c1)C(C)C(=O)N/N=C/c1cc(Br)c(O)c(Br)c1O)c1ccc2ccccc2c1. The van der Waals surface area contributed by atoms with Gasteiger partial charge >= 0.3 is 0 Å². The van der Waals surface area contributed by atoms with E-state index < -0.39 is 12.1 Å². The van der Waals surface area contributed by atoms with Crippen LogP contribution < -0.4 is 20.7 Å². The lowest BCUT2D eigenvalue weighted by atomic mass is 10.1. The lowest BCUT2D eigenvalue weighted by molar-refractivity contribution is -0.122. The summed E-state index contributed by atoms with van der Waals surface area (Å²) >= 11 is 12.8. The third-order valence-electron chi connectivity index (χ3n) is 10.9. The highest BCUT2D eigenvalue weighted by atomic mass is 79.9. The number of hydrazone groups is 2. The van der Waals surface area contributed by atoms with Crippen LogP contribution in [0.5, 0.6) is 23.0 Å². The van der Waals surface area contributed by atoms with Gasteiger partial charge in [0.2, 0.25) is 0 Å². The van der Waals surface area contributed by atoms with E-state index >= 15 is 0 Å². The molecule has 340 valence electrons. The molecule has 2 amide bonds. The molecule has 2 unspecified atom stereocenters. The number of rotatable bonds is 20. The molecule has 65 heavy (non-hydrogen) atoms. The highest BCUT2D eigenvalue weighted by Crippen LogP contribution is 2.41. The minimum Gasteiger partial charge on any atom is -0.506 e. The fourth-order valence-corrected chi connectivity index (χ4v) is 9.42. The molecule has 6 aromatic carbocycles. The van der Waals surface area contributed by atoms with Crippen LogP contribution in [0.25, 0.3) is 21.5 Å². The van der Waals surface area contributed by atoms with E-state index in [2.05, 4.69) is 96.9 Å². The van der Waals surface area contributed by atoms with Crippen molar-refractivity contribution in [3.05, 3.63) is 126 Å². The third-order valence-corrected chi connectivity index (χ3v) is 13.6. The number of fused-ring (bicyclic) bond motifs is 2. The Labute approximate surface area is 410 Å². The number of halogens is 4. The molecule has 6 aromatic rings. The molecule has 0 saturated heterocycles. The van der Waals surface area contributed by atoms with E-state index in [1.807, 2.05) is 96.4 Å². The van der Waals surface area contributed by atoms with E-state index in [1.54, 1.807) is 0 Å². The Morgan fingerprint density at radius 2 is 0.954 bits per heavy atom. The molecule has 0 aliphatic rings. The fraction of sp³-hybridized carbons (Fsp3) is 0.250. The number of hydrogen-bond donors (Lipinski definition) is 6. The van der Waals surface area contributed by atoms with Crippen molar-refractivity contribution in [2.24, 2.45) is 10.2 Å².